The quantitative estimate of drug-likeness (QED) is 0.785. The van der Waals surface area contributed by atoms with Crippen LogP contribution in [-0.2, 0) is 4.79 Å². The summed E-state index contributed by atoms with van der Waals surface area (Å²) in [5.41, 5.74) is 0. The summed E-state index contributed by atoms with van der Waals surface area (Å²) in [4.78, 5) is 14.5. The normalized spacial score (nSPS) is 17.3. The molecular formula is C18H27FN2O2. The average molecular weight is 322 g/mol. The number of likely N-dealkylation sites (tertiary alicyclic amines) is 1. The molecule has 1 aliphatic rings. The molecule has 1 saturated heterocycles. The van der Waals surface area contributed by atoms with E-state index in [0.717, 1.165) is 13.0 Å². The summed E-state index contributed by atoms with van der Waals surface area (Å²) in [7, 11) is 0. The summed E-state index contributed by atoms with van der Waals surface area (Å²) in [6.45, 7) is 5.75. The molecule has 1 fully saturated rings. The Balaban J connectivity index is 1.62. The van der Waals surface area contributed by atoms with E-state index < -0.39 is 6.10 Å². The molecule has 2 rings (SSSR count). The van der Waals surface area contributed by atoms with Gasteiger partial charge in [-0.1, -0.05) is 12.8 Å². The number of carbonyl (C=O) groups is 1. The second-order valence-corrected chi connectivity index (χ2v) is 6.11. The van der Waals surface area contributed by atoms with Crippen molar-refractivity contribution in [2.45, 2.75) is 45.1 Å². The topological polar surface area (TPSA) is 41.6 Å². The van der Waals surface area contributed by atoms with Gasteiger partial charge in [0.15, 0.2) is 6.10 Å². The van der Waals surface area contributed by atoms with Crippen LogP contribution in [0, 0.1) is 5.82 Å². The van der Waals surface area contributed by atoms with Crippen LogP contribution in [0.4, 0.5) is 4.39 Å². The van der Waals surface area contributed by atoms with E-state index in [1.165, 1.54) is 63.0 Å². The maximum atomic E-state index is 12.8. The van der Waals surface area contributed by atoms with Gasteiger partial charge in [-0.25, -0.2) is 4.39 Å². The molecule has 1 atom stereocenters. The molecule has 4 nitrogen and oxygen atoms in total. The van der Waals surface area contributed by atoms with Crippen molar-refractivity contribution < 1.29 is 13.9 Å². The van der Waals surface area contributed by atoms with Crippen molar-refractivity contribution in [3.63, 3.8) is 0 Å². The second-order valence-electron chi connectivity index (χ2n) is 6.11. The first-order chi connectivity index (χ1) is 11.1. The van der Waals surface area contributed by atoms with Gasteiger partial charge in [0.05, 0.1) is 0 Å². The maximum absolute atomic E-state index is 12.8. The van der Waals surface area contributed by atoms with Crippen LogP contribution in [0.15, 0.2) is 24.3 Å². The lowest BCUT2D eigenvalue weighted by molar-refractivity contribution is -0.127. The van der Waals surface area contributed by atoms with Gasteiger partial charge in [0.25, 0.3) is 5.91 Å². The van der Waals surface area contributed by atoms with Crippen molar-refractivity contribution in [3.8, 4) is 5.75 Å². The smallest absolute Gasteiger partial charge is 0.260 e. The summed E-state index contributed by atoms with van der Waals surface area (Å²) >= 11 is 0. The lowest BCUT2D eigenvalue weighted by Crippen LogP contribution is -2.38. The lowest BCUT2D eigenvalue weighted by Gasteiger charge is -2.20. The van der Waals surface area contributed by atoms with Gasteiger partial charge in [0.2, 0.25) is 0 Å². The van der Waals surface area contributed by atoms with Crippen LogP contribution in [-0.4, -0.2) is 43.1 Å². The second kappa shape index (κ2) is 9.50. The number of nitrogens with one attached hydrogen (secondary N) is 1. The van der Waals surface area contributed by atoms with E-state index in [0.29, 0.717) is 12.3 Å². The summed E-state index contributed by atoms with van der Waals surface area (Å²) in [5.74, 6) is 0.0479. The van der Waals surface area contributed by atoms with Crippen LogP contribution in [0.25, 0.3) is 0 Å². The Labute approximate surface area is 138 Å². The molecule has 23 heavy (non-hydrogen) atoms. The molecule has 1 aromatic carbocycles. The van der Waals surface area contributed by atoms with Crippen LogP contribution in [0.3, 0.4) is 0 Å². The molecule has 128 valence electrons. The van der Waals surface area contributed by atoms with Crippen molar-refractivity contribution in [1.82, 2.24) is 10.2 Å². The molecule has 0 saturated carbocycles. The molecular weight excluding hydrogens is 295 g/mol. The van der Waals surface area contributed by atoms with E-state index >= 15 is 0 Å². The van der Waals surface area contributed by atoms with Gasteiger partial charge in [-0.2, -0.15) is 0 Å². The molecule has 1 N–H and O–H groups in total. The van der Waals surface area contributed by atoms with Gasteiger partial charge >= 0.3 is 0 Å². The minimum Gasteiger partial charge on any atom is -0.481 e. The highest BCUT2D eigenvalue weighted by atomic mass is 19.1. The Morgan fingerprint density at radius 1 is 1.22 bits per heavy atom. The average Bonchev–Trinajstić information content (AvgIpc) is 2.82. The Morgan fingerprint density at radius 3 is 2.52 bits per heavy atom. The Hall–Kier alpha value is -1.62. The third kappa shape index (κ3) is 6.57. The number of hydrogen-bond donors (Lipinski definition) is 1. The summed E-state index contributed by atoms with van der Waals surface area (Å²) in [6.07, 6.45) is 5.62. The highest BCUT2D eigenvalue weighted by molar-refractivity contribution is 5.80. The molecule has 0 bridgehead atoms. The van der Waals surface area contributed by atoms with Crippen LogP contribution < -0.4 is 10.1 Å². The highest BCUT2D eigenvalue weighted by Crippen LogP contribution is 2.13. The van der Waals surface area contributed by atoms with E-state index in [4.69, 9.17) is 4.74 Å². The summed E-state index contributed by atoms with van der Waals surface area (Å²) in [6, 6.07) is 5.69. The molecule has 1 aliphatic heterocycles. The monoisotopic (exact) mass is 322 g/mol. The summed E-state index contributed by atoms with van der Waals surface area (Å²) < 4.78 is 18.3. The van der Waals surface area contributed by atoms with Crippen molar-refractivity contribution in [2.75, 3.05) is 26.2 Å². The predicted molar refractivity (Wildman–Crippen MR) is 89.0 cm³/mol. The Morgan fingerprint density at radius 2 is 1.87 bits per heavy atom. The molecule has 5 heteroatoms. The number of benzene rings is 1. The largest absolute Gasteiger partial charge is 0.481 e. The van der Waals surface area contributed by atoms with Crippen LogP contribution >= 0.6 is 0 Å². The van der Waals surface area contributed by atoms with E-state index in [9.17, 15) is 9.18 Å². The number of hydrogen-bond acceptors (Lipinski definition) is 3. The van der Waals surface area contributed by atoms with Gasteiger partial charge in [-0.3, -0.25) is 4.79 Å². The third-order valence-electron chi connectivity index (χ3n) is 4.14. The number of halogens is 1. The van der Waals surface area contributed by atoms with E-state index in [2.05, 4.69) is 10.2 Å². The minimum absolute atomic E-state index is 0.134. The number of nitrogens with zero attached hydrogens (tertiary/aromatic N) is 1. The molecule has 1 heterocycles. The van der Waals surface area contributed by atoms with Gasteiger partial charge in [-0.15, -0.1) is 0 Å². The van der Waals surface area contributed by atoms with Crippen LogP contribution in [0.2, 0.25) is 0 Å². The zero-order valence-corrected chi connectivity index (χ0v) is 13.9. The number of amides is 1. The fourth-order valence-corrected chi connectivity index (χ4v) is 2.79. The fourth-order valence-electron chi connectivity index (χ4n) is 2.79. The first kappa shape index (κ1) is 17.7. The van der Waals surface area contributed by atoms with Crippen LogP contribution in [0.5, 0.6) is 5.75 Å². The molecule has 0 radical (unpaired) electrons. The SMILES string of the molecule is C[C@@H](Oc1ccc(F)cc1)C(=O)NCCCN1CCCCCC1. The minimum atomic E-state index is -0.585. The zero-order chi connectivity index (χ0) is 16.5. The zero-order valence-electron chi connectivity index (χ0n) is 13.9. The number of carbonyl (C=O) groups excluding carboxylic acids is 1. The van der Waals surface area contributed by atoms with Gasteiger partial charge in [0, 0.05) is 6.54 Å². The molecule has 0 unspecified atom stereocenters. The highest BCUT2D eigenvalue weighted by Gasteiger charge is 2.14. The fraction of sp³-hybridized carbons (Fsp3) is 0.611. The molecule has 0 aromatic heterocycles. The lowest BCUT2D eigenvalue weighted by atomic mass is 10.2. The standard InChI is InChI=1S/C18H27FN2O2/c1-15(23-17-9-7-16(19)8-10-17)18(22)20-11-6-14-21-12-4-2-3-5-13-21/h7-10,15H,2-6,11-14H2,1H3,(H,20,22)/t15-/m1/s1. The van der Waals surface area contributed by atoms with Crippen molar-refractivity contribution in [2.24, 2.45) is 0 Å². The molecule has 1 amide bonds. The van der Waals surface area contributed by atoms with Gasteiger partial charge in [0.1, 0.15) is 11.6 Å². The Bertz CT molecular complexity index is 470. The molecule has 0 spiro atoms. The van der Waals surface area contributed by atoms with Crippen molar-refractivity contribution >= 4 is 5.91 Å². The third-order valence-corrected chi connectivity index (χ3v) is 4.14. The van der Waals surface area contributed by atoms with E-state index in [-0.39, 0.29) is 11.7 Å². The number of ether oxygens (including phenoxy) is 1. The predicted octanol–water partition coefficient (Wildman–Crippen LogP) is 2.98. The number of rotatable bonds is 7. The van der Waals surface area contributed by atoms with Gasteiger partial charge < -0.3 is 15.0 Å². The van der Waals surface area contributed by atoms with Crippen molar-refractivity contribution in [1.29, 1.82) is 0 Å². The molecule has 0 aliphatic carbocycles. The van der Waals surface area contributed by atoms with Gasteiger partial charge in [-0.05, 0) is 70.1 Å². The molecule has 1 aromatic rings. The van der Waals surface area contributed by atoms with Crippen LogP contribution in [0.1, 0.15) is 39.0 Å². The first-order valence-corrected chi connectivity index (χ1v) is 8.57. The Kier molecular flexibility index (Phi) is 7.33. The maximum Gasteiger partial charge on any atom is 0.260 e. The van der Waals surface area contributed by atoms with E-state index in [1.807, 2.05) is 0 Å². The summed E-state index contributed by atoms with van der Waals surface area (Å²) in [5, 5.41) is 2.90. The van der Waals surface area contributed by atoms with E-state index in [1.54, 1.807) is 6.92 Å². The first-order valence-electron chi connectivity index (χ1n) is 8.57. The van der Waals surface area contributed by atoms with Crippen molar-refractivity contribution in [3.05, 3.63) is 30.1 Å².